The second-order valence-corrected chi connectivity index (χ2v) is 8.59. The van der Waals surface area contributed by atoms with Crippen LogP contribution in [0.4, 0.5) is 0 Å². The highest BCUT2D eigenvalue weighted by atomic mass is 35.5. The highest BCUT2D eigenvalue weighted by molar-refractivity contribution is 7.89. The number of carbonyl (C=O) groups excluding carboxylic acids is 1. The Morgan fingerprint density at radius 1 is 1.23 bits per heavy atom. The van der Waals surface area contributed by atoms with Crippen LogP contribution in [-0.2, 0) is 10.0 Å². The third-order valence-corrected chi connectivity index (χ3v) is 4.83. The lowest BCUT2D eigenvalue weighted by molar-refractivity contribution is 0.0914. The van der Waals surface area contributed by atoms with Crippen molar-refractivity contribution in [3.8, 4) is 5.75 Å². The number of furan rings is 1. The maximum atomic E-state index is 12.2. The zero-order valence-corrected chi connectivity index (χ0v) is 16.3. The van der Waals surface area contributed by atoms with Crippen molar-refractivity contribution >= 4 is 27.5 Å². The predicted octanol–water partition coefficient (Wildman–Crippen LogP) is 2.82. The standard InChI is InChI=1S/C17H21ClN2O5S/c1-17(2,3)20-26(22,23)15-8-7-14(25-15)16(21)19-9-10-24-13-6-4-5-12(18)11-13/h4-8,11,20H,9-10H2,1-3H3,(H,19,21). The Balaban J connectivity index is 1.88. The lowest BCUT2D eigenvalue weighted by Crippen LogP contribution is -2.40. The van der Waals surface area contributed by atoms with Gasteiger partial charge < -0.3 is 14.5 Å². The van der Waals surface area contributed by atoms with Gasteiger partial charge >= 0.3 is 0 Å². The third kappa shape index (κ3) is 6.05. The largest absolute Gasteiger partial charge is 0.492 e. The van der Waals surface area contributed by atoms with Crippen LogP contribution in [0.1, 0.15) is 31.3 Å². The number of hydrogen-bond acceptors (Lipinski definition) is 5. The molecular weight excluding hydrogens is 380 g/mol. The van der Waals surface area contributed by atoms with Crippen molar-refractivity contribution in [1.82, 2.24) is 10.0 Å². The van der Waals surface area contributed by atoms with Crippen LogP contribution >= 0.6 is 11.6 Å². The van der Waals surface area contributed by atoms with E-state index in [-0.39, 0.29) is 24.0 Å². The predicted molar refractivity (Wildman–Crippen MR) is 98.1 cm³/mol. The molecule has 2 N–H and O–H groups in total. The van der Waals surface area contributed by atoms with Crippen molar-refractivity contribution in [1.29, 1.82) is 0 Å². The molecule has 1 heterocycles. The van der Waals surface area contributed by atoms with Gasteiger partial charge in [0.25, 0.3) is 15.9 Å². The van der Waals surface area contributed by atoms with Crippen molar-refractivity contribution < 1.29 is 22.4 Å². The van der Waals surface area contributed by atoms with E-state index in [0.29, 0.717) is 10.8 Å². The van der Waals surface area contributed by atoms with Crippen LogP contribution in [0.2, 0.25) is 5.02 Å². The molecule has 0 radical (unpaired) electrons. The number of benzene rings is 1. The molecule has 7 nitrogen and oxygen atoms in total. The first-order valence-electron chi connectivity index (χ1n) is 7.87. The Kier molecular flexibility index (Phi) is 6.33. The van der Waals surface area contributed by atoms with Gasteiger partial charge in [-0.15, -0.1) is 0 Å². The van der Waals surface area contributed by atoms with Crippen molar-refractivity contribution in [2.45, 2.75) is 31.4 Å². The van der Waals surface area contributed by atoms with Gasteiger partial charge in [-0.2, -0.15) is 0 Å². The maximum absolute atomic E-state index is 12.2. The molecule has 0 aliphatic rings. The van der Waals surface area contributed by atoms with Gasteiger partial charge in [0.2, 0.25) is 5.09 Å². The van der Waals surface area contributed by atoms with Crippen LogP contribution in [0.3, 0.4) is 0 Å². The van der Waals surface area contributed by atoms with E-state index in [4.69, 9.17) is 20.8 Å². The average Bonchev–Trinajstić information content (AvgIpc) is 3.00. The molecule has 0 saturated carbocycles. The topological polar surface area (TPSA) is 97.6 Å². The van der Waals surface area contributed by atoms with Gasteiger partial charge in [-0.3, -0.25) is 4.79 Å². The monoisotopic (exact) mass is 400 g/mol. The Hall–Kier alpha value is -2.03. The molecule has 0 bridgehead atoms. The Morgan fingerprint density at radius 3 is 2.62 bits per heavy atom. The van der Waals surface area contributed by atoms with Crippen LogP contribution in [0.15, 0.2) is 45.9 Å². The smallest absolute Gasteiger partial charge is 0.287 e. The van der Waals surface area contributed by atoms with Gasteiger partial charge in [0.15, 0.2) is 5.76 Å². The van der Waals surface area contributed by atoms with Crippen LogP contribution < -0.4 is 14.8 Å². The normalized spacial score (nSPS) is 12.0. The molecule has 9 heteroatoms. The van der Waals surface area contributed by atoms with Crippen LogP contribution in [0, 0.1) is 0 Å². The molecule has 0 aliphatic heterocycles. The fourth-order valence-corrected chi connectivity index (χ4v) is 3.55. The molecular formula is C17H21ClN2O5S. The van der Waals surface area contributed by atoms with E-state index in [2.05, 4.69) is 10.0 Å². The SMILES string of the molecule is CC(C)(C)NS(=O)(=O)c1ccc(C(=O)NCCOc2cccc(Cl)c2)o1. The summed E-state index contributed by atoms with van der Waals surface area (Å²) in [4.78, 5) is 12.0. The minimum Gasteiger partial charge on any atom is -0.492 e. The Bertz CT molecular complexity index is 871. The number of carbonyl (C=O) groups is 1. The van der Waals surface area contributed by atoms with Gasteiger partial charge in [0, 0.05) is 10.6 Å². The first-order valence-corrected chi connectivity index (χ1v) is 9.73. The lowest BCUT2D eigenvalue weighted by atomic mass is 10.1. The molecule has 2 rings (SSSR count). The van der Waals surface area contributed by atoms with Crippen LogP contribution in [0.5, 0.6) is 5.75 Å². The molecule has 0 saturated heterocycles. The zero-order chi connectivity index (χ0) is 19.4. The fourth-order valence-electron chi connectivity index (χ4n) is 2.02. The van der Waals surface area contributed by atoms with E-state index < -0.39 is 21.5 Å². The lowest BCUT2D eigenvalue weighted by Gasteiger charge is -2.18. The van der Waals surface area contributed by atoms with E-state index >= 15 is 0 Å². The van der Waals surface area contributed by atoms with Crippen LogP contribution in [-0.4, -0.2) is 33.0 Å². The molecule has 0 spiro atoms. The van der Waals surface area contributed by atoms with Crippen LogP contribution in [0.25, 0.3) is 0 Å². The molecule has 1 amide bonds. The molecule has 0 aliphatic carbocycles. The molecule has 0 unspecified atom stereocenters. The minimum absolute atomic E-state index is 0.0953. The second kappa shape index (κ2) is 8.11. The number of sulfonamides is 1. The quantitative estimate of drug-likeness (QED) is 0.696. The van der Waals surface area contributed by atoms with E-state index in [1.165, 1.54) is 12.1 Å². The summed E-state index contributed by atoms with van der Waals surface area (Å²) in [5, 5.41) is 2.83. The van der Waals surface area contributed by atoms with E-state index in [9.17, 15) is 13.2 Å². The van der Waals surface area contributed by atoms with E-state index in [1.807, 2.05) is 0 Å². The molecule has 26 heavy (non-hydrogen) atoms. The summed E-state index contributed by atoms with van der Waals surface area (Å²) in [6, 6.07) is 9.45. The third-order valence-electron chi connectivity index (χ3n) is 2.96. The summed E-state index contributed by atoms with van der Waals surface area (Å²) >= 11 is 5.85. The molecule has 0 atom stereocenters. The van der Waals surface area contributed by atoms with Crippen molar-refractivity contribution in [2.75, 3.05) is 13.2 Å². The van der Waals surface area contributed by atoms with E-state index in [0.717, 1.165) is 0 Å². The second-order valence-electron chi connectivity index (χ2n) is 6.54. The van der Waals surface area contributed by atoms with Gasteiger partial charge in [-0.25, -0.2) is 13.1 Å². The summed E-state index contributed by atoms with van der Waals surface area (Å²) in [5.41, 5.74) is -0.661. The first kappa shape index (κ1) is 20.3. The number of hydrogen-bond donors (Lipinski definition) is 2. The van der Waals surface area contributed by atoms with Gasteiger partial charge in [0.05, 0.1) is 6.54 Å². The maximum Gasteiger partial charge on any atom is 0.287 e. The van der Waals surface area contributed by atoms with Gasteiger partial charge in [0.1, 0.15) is 12.4 Å². The number of nitrogens with one attached hydrogen (secondary N) is 2. The number of ether oxygens (including phenoxy) is 1. The summed E-state index contributed by atoms with van der Waals surface area (Å²) in [6.45, 7) is 5.57. The highest BCUT2D eigenvalue weighted by Crippen LogP contribution is 2.17. The molecule has 2 aromatic rings. The van der Waals surface area contributed by atoms with Crippen molar-refractivity contribution in [2.24, 2.45) is 0 Å². The molecule has 142 valence electrons. The minimum atomic E-state index is -3.83. The van der Waals surface area contributed by atoms with E-state index in [1.54, 1.807) is 45.0 Å². The highest BCUT2D eigenvalue weighted by Gasteiger charge is 2.26. The van der Waals surface area contributed by atoms with Gasteiger partial charge in [-0.1, -0.05) is 17.7 Å². The zero-order valence-electron chi connectivity index (χ0n) is 14.7. The first-order chi connectivity index (χ1) is 12.1. The summed E-state index contributed by atoms with van der Waals surface area (Å²) in [5.74, 6) is -0.0367. The van der Waals surface area contributed by atoms with Crippen molar-refractivity contribution in [3.05, 3.63) is 47.2 Å². The molecule has 1 aromatic carbocycles. The Labute approximate surface area is 157 Å². The summed E-state index contributed by atoms with van der Waals surface area (Å²) in [7, 11) is -3.83. The number of amides is 1. The fraction of sp³-hybridized carbons (Fsp3) is 0.353. The average molecular weight is 401 g/mol. The Morgan fingerprint density at radius 2 is 1.96 bits per heavy atom. The number of rotatable bonds is 7. The molecule has 1 aromatic heterocycles. The van der Waals surface area contributed by atoms with Crippen molar-refractivity contribution in [3.63, 3.8) is 0 Å². The summed E-state index contributed by atoms with van der Waals surface area (Å²) in [6.07, 6.45) is 0. The molecule has 0 fully saturated rings. The van der Waals surface area contributed by atoms with Gasteiger partial charge in [-0.05, 0) is 51.1 Å². The summed E-state index contributed by atoms with van der Waals surface area (Å²) < 4.78 is 37.4. The number of halogens is 1.